The van der Waals surface area contributed by atoms with E-state index in [1.54, 1.807) is 78.9 Å². The summed E-state index contributed by atoms with van der Waals surface area (Å²) in [7, 11) is 0. The van der Waals surface area contributed by atoms with E-state index in [9.17, 15) is 14.4 Å². The quantitative estimate of drug-likeness (QED) is 0.154. The summed E-state index contributed by atoms with van der Waals surface area (Å²) < 4.78 is 5.32. The van der Waals surface area contributed by atoms with Crippen LogP contribution in [-0.4, -0.2) is 23.5 Å². The van der Waals surface area contributed by atoms with E-state index in [-0.39, 0.29) is 17.4 Å². The molecule has 0 aliphatic heterocycles. The number of hydrogen-bond acceptors (Lipinski definition) is 5. The van der Waals surface area contributed by atoms with Crippen molar-refractivity contribution in [2.75, 3.05) is 16.4 Å². The van der Waals surface area contributed by atoms with E-state index in [0.717, 1.165) is 4.90 Å². The van der Waals surface area contributed by atoms with Gasteiger partial charge in [-0.05, 0) is 60.7 Å². The highest BCUT2D eigenvalue weighted by atomic mass is 35.5. The summed E-state index contributed by atoms with van der Waals surface area (Å²) in [4.78, 5) is 39.0. The van der Waals surface area contributed by atoms with Gasteiger partial charge in [0, 0.05) is 27.2 Å². The molecular formula is C28H21Cl2N3O4S. The van der Waals surface area contributed by atoms with E-state index >= 15 is 0 Å². The van der Waals surface area contributed by atoms with Gasteiger partial charge in [-0.1, -0.05) is 47.5 Å². The van der Waals surface area contributed by atoms with E-state index in [4.69, 9.17) is 27.6 Å². The van der Waals surface area contributed by atoms with Crippen molar-refractivity contribution in [3.05, 3.63) is 118 Å². The highest BCUT2D eigenvalue weighted by Crippen LogP contribution is 2.27. The van der Waals surface area contributed by atoms with E-state index in [0.29, 0.717) is 32.7 Å². The molecule has 3 N–H and O–H groups in total. The highest BCUT2D eigenvalue weighted by Gasteiger charge is 2.16. The van der Waals surface area contributed by atoms with Crippen LogP contribution in [0.25, 0.3) is 6.08 Å². The van der Waals surface area contributed by atoms with Crippen molar-refractivity contribution >= 4 is 70.1 Å². The Kier molecular flexibility index (Phi) is 9.26. The Balaban J connectivity index is 1.41. The third kappa shape index (κ3) is 7.76. The van der Waals surface area contributed by atoms with Crippen molar-refractivity contribution in [1.82, 2.24) is 5.32 Å². The van der Waals surface area contributed by atoms with Gasteiger partial charge in [0.15, 0.2) is 0 Å². The van der Waals surface area contributed by atoms with Gasteiger partial charge in [-0.15, -0.1) is 11.8 Å². The zero-order valence-electron chi connectivity index (χ0n) is 19.7. The predicted molar refractivity (Wildman–Crippen MR) is 151 cm³/mol. The third-order valence-electron chi connectivity index (χ3n) is 5.02. The maximum atomic E-state index is 13.1. The molecule has 0 aliphatic rings. The van der Waals surface area contributed by atoms with Gasteiger partial charge in [-0.25, -0.2) is 0 Å². The molecule has 10 heteroatoms. The fraction of sp³-hybridized carbons (Fsp3) is 0.0357. The number of hydrogen-bond donors (Lipinski definition) is 3. The van der Waals surface area contributed by atoms with Crippen molar-refractivity contribution < 1.29 is 18.8 Å². The molecule has 0 bridgehead atoms. The van der Waals surface area contributed by atoms with Crippen LogP contribution < -0.4 is 16.0 Å². The number of benzene rings is 3. The summed E-state index contributed by atoms with van der Waals surface area (Å²) >= 11 is 13.4. The Labute approximate surface area is 233 Å². The minimum atomic E-state index is -0.541. The molecule has 0 aliphatic carbocycles. The van der Waals surface area contributed by atoms with Gasteiger partial charge in [0.05, 0.1) is 22.7 Å². The molecule has 0 unspecified atom stereocenters. The smallest absolute Gasteiger partial charge is 0.272 e. The van der Waals surface area contributed by atoms with Crippen LogP contribution in [0.15, 0.2) is 106 Å². The summed E-state index contributed by atoms with van der Waals surface area (Å²) in [6.07, 6.45) is 2.91. The lowest BCUT2D eigenvalue weighted by Gasteiger charge is -2.12. The standard InChI is InChI=1S/C28H21Cl2N3O4S/c29-19-11-12-23(30)24(14-19)32-26(34)17-38-22-10-4-8-20(15-22)31-28(36)25(16-21-9-5-13-37-21)33-27(35)18-6-2-1-3-7-18/h1-16H,17H2,(H,31,36)(H,32,34)(H,33,35)/b25-16-. The van der Waals surface area contributed by atoms with Crippen molar-refractivity contribution in [2.45, 2.75) is 4.90 Å². The average molecular weight is 566 g/mol. The van der Waals surface area contributed by atoms with Gasteiger partial charge in [0.1, 0.15) is 11.5 Å². The first-order valence-electron chi connectivity index (χ1n) is 11.3. The summed E-state index contributed by atoms with van der Waals surface area (Å²) in [5.74, 6) is -0.730. The largest absolute Gasteiger partial charge is 0.465 e. The molecule has 0 spiro atoms. The Morgan fingerprint density at radius 3 is 2.45 bits per heavy atom. The van der Waals surface area contributed by atoms with Gasteiger partial charge in [-0.3, -0.25) is 14.4 Å². The molecule has 3 aromatic carbocycles. The highest BCUT2D eigenvalue weighted by molar-refractivity contribution is 8.00. The number of anilines is 2. The molecule has 3 amide bonds. The molecule has 0 radical (unpaired) electrons. The molecule has 4 aromatic rings. The first-order valence-corrected chi connectivity index (χ1v) is 13.0. The summed E-state index contributed by atoms with van der Waals surface area (Å²) in [5.41, 5.74) is 1.32. The number of carbonyl (C=O) groups is 3. The molecule has 1 heterocycles. The van der Waals surface area contributed by atoms with Gasteiger partial charge in [-0.2, -0.15) is 0 Å². The number of amides is 3. The lowest BCUT2D eigenvalue weighted by molar-refractivity contribution is -0.114. The molecule has 0 saturated carbocycles. The van der Waals surface area contributed by atoms with Crippen LogP contribution in [0.5, 0.6) is 0 Å². The summed E-state index contributed by atoms with van der Waals surface area (Å²) in [6, 6.07) is 23.7. The lowest BCUT2D eigenvalue weighted by atomic mass is 10.2. The second kappa shape index (κ2) is 13.0. The maximum absolute atomic E-state index is 13.1. The number of thioether (sulfide) groups is 1. The lowest BCUT2D eigenvalue weighted by Crippen LogP contribution is -2.30. The fourth-order valence-electron chi connectivity index (χ4n) is 3.25. The van der Waals surface area contributed by atoms with Gasteiger partial charge < -0.3 is 20.4 Å². The molecule has 0 atom stereocenters. The van der Waals surface area contributed by atoms with Gasteiger partial charge in [0.2, 0.25) is 5.91 Å². The van der Waals surface area contributed by atoms with Crippen LogP contribution in [0.2, 0.25) is 10.0 Å². The van der Waals surface area contributed by atoms with E-state index in [2.05, 4.69) is 16.0 Å². The Morgan fingerprint density at radius 2 is 1.68 bits per heavy atom. The van der Waals surface area contributed by atoms with Crippen LogP contribution in [0.1, 0.15) is 16.1 Å². The zero-order valence-corrected chi connectivity index (χ0v) is 22.1. The number of nitrogens with one attached hydrogen (secondary N) is 3. The fourth-order valence-corrected chi connectivity index (χ4v) is 4.34. The molecule has 0 fully saturated rings. The molecular weight excluding hydrogens is 545 g/mol. The van der Waals surface area contributed by atoms with Crippen LogP contribution >= 0.6 is 35.0 Å². The first-order chi connectivity index (χ1) is 18.4. The monoisotopic (exact) mass is 565 g/mol. The average Bonchev–Trinajstić information content (AvgIpc) is 3.43. The topological polar surface area (TPSA) is 100 Å². The first kappa shape index (κ1) is 27.1. The molecule has 7 nitrogen and oxygen atoms in total. The minimum Gasteiger partial charge on any atom is -0.465 e. The second-order valence-corrected chi connectivity index (χ2v) is 9.73. The van der Waals surface area contributed by atoms with E-state index in [1.807, 2.05) is 6.07 Å². The van der Waals surface area contributed by atoms with Crippen molar-refractivity contribution in [1.29, 1.82) is 0 Å². The van der Waals surface area contributed by atoms with Crippen LogP contribution in [0.4, 0.5) is 11.4 Å². The molecule has 1 aromatic heterocycles. The minimum absolute atomic E-state index is 0.00429. The predicted octanol–water partition coefficient (Wildman–Crippen LogP) is 6.73. The molecule has 4 rings (SSSR count). The van der Waals surface area contributed by atoms with Crippen LogP contribution in [0, 0.1) is 0 Å². The van der Waals surface area contributed by atoms with Crippen molar-refractivity contribution in [2.24, 2.45) is 0 Å². The van der Waals surface area contributed by atoms with Crippen molar-refractivity contribution in [3.8, 4) is 0 Å². The van der Waals surface area contributed by atoms with Gasteiger partial charge in [0.25, 0.3) is 11.8 Å². The second-order valence-electron chi connectivity index (χ2n) is 7.84. The summed E-state index contributed by atoms with van der Waals surface area (Å²) in [6.45, 7) is 0. The number of carbonyl (C=O) groups excluding carboxylic acids is 3. The number of halogens is 2. The van der Waals surface area contributed by atoms with E-state index < -0.39 is 11.8 Å². The van der Waals surface area contributed by atoms with Crippen molar-refractivity contribution in [3.63, 3.8) is 0 Å². The third-order valence-corrected chi connectivity index (χ3v) is 6.58. The Hall–Kier alpha value is -3.98. The maximum Gasteiger partial charge on any atom is 0.272 e. The molecule has 38 heavy (non-hydrogen) atoms. The van der Waals surface area contributed by atoms with E-state index in [1.165, 1.54) is 24.1 Å². The molecule has 192 valence electrons. The van der Waals surface area contributed by atoms with Crippen LogP contribution in [-0.2, 0) is 9.59 Å². The van der Waals surface area contributed by atoms with Crippen LogP contribution in [0.3, 0.4) is 0 Å². The number of rotatable bonds is 9. The van der Waals surface area contributed by atoms with Gasteiger partial charge >= 0.3 is 0 Å². The Bertz CT molecular complexity index is 1470. The SMILES string of the molecule is O=C(CSc1cccc(NC(=O)/C(=C/c2ccco2)NC(=O)c2ccccc2)c1)Nc1cc(Cl)ccc1Cl. The molecule has 0 saturated heterocycles. The Morgan fingerprint density at radius 1 is 0.868 bits per heavy atom. The summed E-state index contributed by atoms with van der Waals surface area (Å²) in [5, 5.41) is 9.01. The zero-order chi connectivity index (χ0) is 26.9. The number of furan rings is 1. The normalized spacial score (nSPS) is 11.1.